The van der Waals surface area contributed by atoms with Gasteiger partial charge in [0.1, 0.15) is 11.5 Å². The fourth-order valence-corrected chi connectivity index (χ4v) is 6.49. The molecule has 0 saturated heterocycles. The van der Waals surface area contributed by atoms with Gasteiger partial charge < -0.3 is 4.42 Å². The van der Waals surface area contributed by atoms with Crippen LogP contribution in [0.15, 0.2) is 111 Å². The van der Waals surface area contributed by atoms with Crippen molar-refractivity contribution in [3.63, 3.8) is 0 Å². The molecule has 5 aromatic rings. The molecule has 6 heteroatoms. The molecule has 0 bridgehead atoms. The van der Waals surface area contributed by atoms with Gasteiger partial charge in [-0.15, -0.1) is 0 Å². The molecule has 4 nitrogen and oxygen atoms in total. The zero-order chi connectivity index (χ0) is 24.9. The number of nitrogens with zero attached hydrogens (tertiary/aromatic N) is 2. The van der Waals surface area contributed by atoms with E-state index >= 15 is 0 Å². The molecule has 0 fully saturated rings. The largest absolute Gasteiger partial charge is 0.457 e. The van der Waals surface area contributed by atoms with Crippen LogP contribution in [0.25, 0.3) is 23.1 Å². The van der Waals surface area contributed by atoms with Crippen LogP contribution in [0.4, 0.5) is 0 Å². The number of aromatic nitrogens is 1. The van der Waals surface area contributed by atoms with Crippen molar-refractivity contribution in [1.29, 1.82) is 0 Å². The number of hydrogen-bond acceptors (Lipinski definition) is 4. The van der Waals surface area contributed by atoms with E-state index in [0.717, 1.165) is 29.7 Å². The molecule has 3 heterocycles. The highest BCUT2D eigenvalue weighted by atomic mass is 35.5. The maximum absolute atomic E-state index is 13.8. The van der Waals surface area contributed by atoms with Gasteiger partial charge >= 0.3 is 0 Å². The highest BCUT2D eigenvalue weighted by Crippen LogP contribution is 2.41. The highest BCUT2D eigenvalue weighted by Gasteiger charge is 2.32. The summed E-state index contributed by atoms with van der Waals surface area (Å²) in [4.78, 5) is 19.6. The van der Waals surface area contributed by atoms with Crippen LogP contribution in [0.5, 0.6) is 0 Å². The molecule has 1 aliphatic heterocycles. The molecule has 0 N–H and O–H groups in total. The number of allylic oxidation sites excluding steroid dienone is 1. The summed E-state index contributed by atoms with van der Waals surface area (Å²) >= 11 is 7.56. The average molecular weight is 521 g/mol. The average Bonchev–Trinajstić information content (AvgIpc) is 3.52. The molecule has 37 heavy (non-hydrogen) atoms. The Labute approximate surface area is 222 Å². The van der Waals surface area contributed by atoms with Gasteiger partial charge in [-0.3, -0.25) is 9.36 Å². The number of fused-ring (bicyclic) bond motifs is 3. The summed E-state index contributed by atoms with van der Waals surface area (Å²) in [6.07, 6.45) is 3.63. The normalized spacial score (nSPS) is 16.7. The second-order valence-electron chi connectivity index (χ2n) is 9.24. The number of halogens is 1. The Hall–Kier alpha value is -3.93. The predicted octanol–water partition coefficient (Wildman–Crippen LogP) is 6.23. The van der Waals surface area contributed by atoms with E-state index in [1.807, 2.05) is 65.2 Å². The first kappa shape index (κ1) is 22.3. The van der Waals surface area contributed by atoms with Crippen LogP contribution in [0.2, 0.25) is 5.02 Å². The van der Waals surface area contributed by atoms with Gasteiger partial charge in [0.2, 0.25) is 0 Å². The summed E-state index contributed by atoms with van der Waals surface area (Å²) in [6, 6.07) is 29.9. The molecule has 2 aromatic heterocycles. The summed E-state index contributed by atoms with van der Waals surface area (Å²) < 4.78 is 8.53. The lowest BCUT2D eigenvalue weighted by atomic mass is 9.83. The van der Waals surface area contributed by atoms with E-state index in [9.17, 15) is 4.79 Å². The van der Waals surface area contributed by atoms with Gasteiger partial charge in [-0.05, 0) is 53.8 Å². The molecule has 3 aromatic carbocycles. The number of hydrogen-bond donors (Lipinski definition) is 0. The lowest BCUT2D eigenvalue weighted by Crippen LogP contribution is -2.38. The van der Waals surface area contributed by atoms with Gasteiger partial charge in [0.25, 0.3) is 5.56 Å². The Morgan fingerprint density at radius 3 is 2.65 bits per heavy atom. The van der Waals surface area contributed by atoms with E-state index in [-0.39, 0.29) is 11.6 Å². The fourth-order valence-electron chi connectivity index (χ4n) is 5.31. The van der Waals surface area contributed by atoms with E-state index in [2.05, 4.69) is 36.4 Å². The van der Waals surface area contributed by atoms with Crippen LogP contribution in [0, 0.1) is 0 Å². The van der Waals surface area contributed by atoms with Crippen LogP contribution in [-0.4, -0.2) is 4.57 Å². The molecule has 7 rings (SSSR count). The predicted molar refractivity (Wildman–Crippen MR) is 148 cm³/mol. The smallest absolute Gasteiger partial charge is 0.271 e. The highest BCUT2D eigenvalue weighted by molar-refractivity contribution is 7.07. The van der Waals surface area contributed by atoms with Crippen molar-refractivity contribution in [2.24, 2.45) is 4.99 Å². The van der Waals surface area contributed by atoms with Gasteiger partial charge in [0, 0.05) is 22.2 Å². The molecule has 0 radical (unpaired) electrons. The molecule has 180 valence electrons. The number of benzene rings is 3. The quantitative estimate of drug-likeness (QED) is 0.283. The Morgan fingerprint density at radius 2 is 1.78 bits per heavy atom. The van der Waals surface area contributed by atoms with Gasteiger partial charge in [-0.2, -0.15) is 0 Å². The third kappa shape index (κ3) is 3.82. The molecule has 0 spiro atoms. The van der Waals surface area contributed by atoms with E-state index in [1.54, 1.807) is 0 Å². The maximum atomic E-state index is 13.8. The first-order chi connectivity index (χ1) is 18.2. The zero-order valence-corrected chi connectivity index (χ0v) is 21.3. The maximum Gasteiger partial charge on any atom is 0.271 e. The van der Waals surface area contributed by atoms with E-state index in [4.69, 9.17) is 21.0 Å². The topological polar surface area (TPSA) is 47.5 Å². The summed E-state index contributed by atoms with van der Waals surface area (Å²) in [5.41, 5.74) is 6.61. The van der Waals surface area contributed by atoms with Crippen LogP contribution in [-0.2, 0) is 6.42 Å². The standard InChI is InChI=1S/C31H21ClN2O2S/c32-22-11-6-10-21(17-22)26-16-14-23(36-26)18-27-30(35)34-29(20-8-2-1-3-9-20)25-15-13-19-7-4-5-12-24(19)28(25)33-31(34)37-27/h1-12,14,16-18,29H,13,15H2/b27-18+/t29-/m0/s1. The van der Waals surface area contributed by atoms with Crippen molar-refractivity contribution in [2.45, 2.75) is 18.9 Å². The number of thiazole rings is 1. The van der Waals surface area contributed by atoms with Crippen molar-refractivity contribution in [1.82, 2.24) is 4.57 Å². The summed E-state index contributed by atoms with van der Waals surface area (Å²) in [5, 5.41) is 0.648. The lowest BCUT2D eigenvalue weighted by Gasteiger charge is -2.30. The number of aryl methyl sites for hydroxylation is 1. The zero-order valence-electron chi connectivity index (χ0n) is 19.7. The van der Waals surface area contributed by atoms with Gasteiger partial charge in [0.05, 0.1) is 16.3 Å². The summed E-state index contributed by atoms with van der Waals surface area (Å²) in [5.74, 6) is 1.32. The SMILES string of the molecule is O=c1/c(=C\c2ccc(-c3cccc(Cl)c3)o2)sc2n1[C@@H](c1ccccc1)C1=C(N=2)c2ccccc2CC1. The fraction of sp³-hybridized carbons (Fsp3) is 0.0968. The van der Waals surface area contributed by atoms with Crippen molar-refractivity contribution >= 4 is 34.7 Å². The Bertz CT molecular complexity index is 1880. The van der Waals surface area contributed by atoms with Gasteiger partial charge in [-0.25, -0.2) is 4.99 Å². The summed E-state index contributed by atoms with van der Waals surface area (Å²) in [6.45, 7) is 0. The van der Waals surface area contributed by atoms with Crippen LogP contribution in [0.1, 0.15) is 34.9 Å². The van der Waals surface area contributed by atoms with Crippen molar-refractivity contribution in [3.05, 3.63) is 144 Å². The third-order valence-electron chi connectivity index (χ3n) is 7.00. The van der Waals surface area contributed by atoms with Crippen LogP contribution in [0.3, 0.4) is 0 Å². The van der Waals surface area contributed by atoms with E-state index in [0.29, 0.717) is 25.9 Å². The molecule has 0 unspecified atom stereocenters. The number of rotatable bonds is 3. The third-order valence-corrected chi connectivity index (χ3v) is 8.22. The molecule has 2 aliphatic rings. The molecule has 1 atom stereocenters. The summed E-state index contributed by atoms with van der Waals surface area (Å²) in [7, 11) is 0. The molecule has 1 aliphatic carbocycles. The van der Waals surface area contributed by atoms with E-state index in [1.165, 1.54) is 28.0 Å². The molecular weight excluding hydrogens is 500 g/mol. The van der Waals surface area contributed by atoms with Crippen molar-refractivity contribution in [3.8, 4) is 11.3 Å². The monoisotopic (exact) mass is 520 g/mol. The Balaban J connectivity index is 1.40. The van der Waals surface area contributed by atoms with Gasteiger partial charge in [-0.1, -0.05) is 89.7 Å². The molecular formula is C31H21ClN2O2S. The Morgan fingerprint density at radius 1 is 0.946 bits per heavy atom. The van der Waals surface area contributed by atoms with Crippen molar-refractivity contribution < 1.29 is 4.42 Å². The molecule has 0 saturated carbocycles. The van der Waals surface area contributed by atoms with Crippen LogP contribution >= 0.6 is 22.9 Å². The minimum absolute atomic E-state index is 0.0521. The molecule has 0 amide bonds. The van der Waals surface area contributed by atoms with Crippen LogP contribution < -0.4 is 14.9 Å². The van der Waals surface area contributed by atoms with E-state index < -0.39 is 0 Å². The second-order valence-corrected chi connectivity index (χ2v) is 10.7. The van der Waals surface area contributed by atoms with Gasteiger partial charge in [0.15, 0.2) is 4.80 Å². The number of furan rings is 1. The minimum Gasteiger partial charge on any atom is -0.457 e. The minimum atomic E-state index is -0.179. The Kier molecular flexibility index (Phi) is 5.34. The first-order valence-electron chi connectivity index (χ1n) is 12.2. The van der Waals surface area contributed by atoms with Crippen molar-refractivity contribution in [2.75, 3.05) is 0 Å². The second kappa shape index (κ2) is 8.87. The first-order valence-corrected chi connectivity index (χ1v) is 13.4. The lowest BCUT2D eigenvalue weighted by molar-refractivity contribution is 0.570.